The number of hydrogen-bond donors (Lipinski definition) is 6. The van der Waals surface area contributed by atoms with Crippen LogP contribution in [-0.4, -0.2) is 90.3 Å². The van der Waals surface area contributed by atoms with E-state index in [1.165, 1.54) is 0 Å². The molecule has 8 heterocycles. The van der Waals surface area contributed by atoms with Crippen molar-refractivity contribution in [2.24, 2.45) is 0 Å². The van der Waals surface area contributed by atoms with E-state index in [1.807, 2.05) is 141 Å². The highest BCUT2D eigenvalue weighted by Crippen LogP contribution is 2.47. The van der Waals surface area contributed by atoms with Gasteiger partial charge in [0.1, 0.15) is 22.5 Å². The summed E-state index contributed by atoms with van der Waals surface area (Å²) in [6.45, 7) is 7.62. The first-order chi connectivity index (χ1) is 36.0. The van der Waals surface area contributed by atoms with Crippen LogP contribution in [0, 0.1) is 0 Å². The number of carbonyl (C=O) groups is 4. The van der Waals surface area contributed by atoms with Crippen LogP contribution in [0.15, 0.2) is 134 Å². The van der Waals surface area contributed by atoms with Crippen molar-refractivity contribution in [1.29, 1.82) is 0 Å². The maximum Gasteiger partial charge on any atom is 0.259 e. The second-order valence-corrected chi connectivity index (χ2v) is 20.9. The normalized spacial score (nSPS) is 24.5. The first-order valence-corrected chi connectivity index (χ1v) is 25.4. The molecule has 380 valence electrons. The monoisotopic (exact) mass is 1040 g/mol. The molecule has 6 atom stereocenters. The number of rotatable bonds is 5. The van der Waals surface area contributed by atoms with E-state index in [0.29, 0.717) is 62.1 Å². The number of amides is 4. The van der Waals surface area contributed by atoms with Gasteiger partial charge in [0.25, 0.3) is 23.6 Å². The Bertz CT molecular complexity index is 3830. The number of benzene rings is 4. The van der Waals surface area contributed by atoms with E-state index in [-0.39, 0.29) is 42.1 Å². The number of nitrogens with zero attached hydrogens (tertiary/aromatic N) is 1. The predicted molar refractivity (Wildman–Crippen MR) is 287 cm³/mol. The van der Waals surface area contributed by atoms with E-state index in [2.05, 4.69) is 31.7 Å². The molecule has 0 spiro atoms. The maximum atomic E-state index is 13.3. The van der Waals surface area contributed by atoms with Crippen molar-refractivity contribution >= 4 is 113 Å². The van der Waals surface area contributed by atoms with Crippen molar-refractivity contribution in [2.75, 3.05) is 0 Å². The number of aromatic amines is 3. The lowest BCUT2D eigenvalue weighted by molar-refractivity contribution is -0.144. The van der Waals surface area contributed by atoms with E-state index in [0.717, 1.165) is 43.6 Å². The van der Waals surface area contributed by atoms with Gasteiger partial charge in [-0.05, 0) is 52.0 Å². The molecule has 4 aromatic carbocycles. The minimum atomic E-state index is -0.649. The van der Waals surface area contributed by atoms with Crippen LogP contribution in [0.3, 0.4) is 0 Å². The molecule has 17 heteroatoms. The lowest BCUT2D eigenvalue weighted by Crippen LogP contribution is -2.29. The van der Waals surface area contributed by atoms with E-state index >= 15 is 0 Å². The van der Waals surface area contributed by atoms with E-state index in [4.69, 9.17) is 42.1 Å². The average molecular weight is 1050 g/mol. The number of carbonyl (C=O) groups excluding carboxylic acids is 4. The molecule has 75 heavy (non-hydrogen) atoms. The predicted octanol–water partition coefficient (Wildman–Crippen LogP) is 10.1. The standard InChI is InChI=1S/C29H24ClN3O4.C20H12ClN3O2.C9H14O3/c1-29(2)36-21-12-11-15(13-22(21)37-29)33-20-10-6-4-8-17(20)23(26(33)30)25-24(27(34)32-28(25)35)18-14-31-19-9-5-3-7-16(18)19;21-18-15(11-6-2-4-8-14(11)23-18)17-16(19(25)24-20(17)26)12-9-22-13-7-3-1-5-10(12)13;1-9(2)11-7-4-3-6(10)5-8(7)12-9/h3-12,14-15,21-22,31H,13H2,1-2H3,(H,32,34,35);1-9,22-23H,(H,24,25,26);3-4,6-8,10H,5H2,1-2H3/t15-,21+,22-;;6-,7-,8+/m1.0/s1. The second-order valence-electron chi connectivity index (χ2n) is 20.1. The number of para-hydroxylation sites is 4. The summed E-state index contributed by atoms with van der Waals surface area (Å²) in [5, 5.41) is 18.3. The van der Waals surface area contributed by atoms with Crippen LogP contribution in [0.2, 0.25) is 10.3 Å². The number of aliphatic hydroxyl groups excluding tert-OH is 1. The summed E-state index contributed by atoms with van der Waals surface area (Å²) in [6.07, 6.45) is 12.1. The minimum Gasteiger partial charge on any atom is -0.389 e. The lowest BCUT2D eigenvalue weighted by atomic mass is 9.95. The SMILES string of the molecule is CC1(C)O[C@H]2C=C[C@@H](n3c(Cl)c(C4=C(c5c[nH]c6ccccc56)C(=O)NC4=O)c4ccccc43)C[C@H]2O1.CC1(C)O[C@H]2C=C[C@H](O)C[C@H]2O1.O=C1NC(=O)C(c2c(Cl)[nH]c3ccccc23)=C1c1c[nH]c2ccccc12. The fourth-order valence-electron chi connectivity index (χ4n) is 11.3. The Morgan fingerprint density at radius 2 is 1.00 bits per heavy atom. The number of aliphatic hydroxyl groups is 1. The smallest absolute Gasteiger partial charge is 0.259 e. The van der Waals surface area contributed by atoms with Crippen molar-refractivity contribution in [2.45, 2.75) is 88.7 Å². The van der Waals surface area contributed by atoms with E-state index in [1.54, 1.807) is 18.5 Å². The summed E-state index contributed by atoms with van der Waals surface area (Å²) in [6, 6.07) is 30.5. The van der Waals surface area contributed by atoms with Crippen molar-refractivity contribution in [3.63, 3.8) is 0 Å². The number of aromatic nitrogens is 4. The van der Waals surface area contributed by atoms with Crippen LogP contribution in [0.1, 0.15) is 68.8 Å². The molecule has 0 unspecified atom stereocenters. The molecule has 6 aliphatic rings. The van der Waals surface area contributed by atoms with E-state index in [9.17, 15) is 24.3 Å². The Balaban J connectivity index is 0.000000129. The number of fused-ring (bicyclic) bond motifs is 6. The highest BCUT2D eigenvalue weighted by atomic mass is 35.5. The average Bonchev–Trinajstić information content (AvgIpc) is 4.27. The van der Waals surface area contributed by atoms with Crippen LogP contribution >= 0.6 is 23.2 Å². The van der Waals surface area contributed by atoms with Crippen LogP contribution in [0.25, 0.3) is 65.9 Å². The fourth-order valence-corrected chi connectivity index (χ4v) is 12.0. The zero-order valence-corrected chi connectivity index (χ0v) is 42.5. The fraction of sp³-hybridized carbons (Fsp3) is 0.241. The molecule has 2 fully saturated rings. The third-order valence-electron chi connectivity index (χ3n) is 14.4. The molecule has 2 saturated heterocycles. The van der Waals surface area contributed by atoms with Crippen LogP contribution in [0.5, 0.6) is 0 Å². The van der Waals surface area contributed by atoms with Crippen LogP contribution < -0.4 is 10.6 Å². The molecule has 8 aromatic rings. The Morgan fingerprint density at radius 1 is 0.533 bits per heavy atom. The minimum absolute atomic E-state index is 0.0278. The third kappa shape index (κ3) is 8.54. The molecule has 4 aliphatic heterocycles. The van der Waals surface area contributed by atoms with Gasteiger partial charge < -0.3 is 43.6 Å². The summed E-state index contributed by atoms with van der Waals surface area (Å²) < 4.78 is 25.4. The summed E-state index contributed by atoms with van der Waals surface area (Å²) in [5.41, 5.74) is 7.15. The number of hydrogen-bond acceptors (Lipinski definition) is 9. The molecular formula is C58H50Cl2N6O9. The van der Waals surface area contributed by atoms with Gasteiger partial charge in [0.05, 0.1) is 52.2 Å². The third-order valence-corrected chi connectivity index (χ3v) is 15.0. The largest absolute Gasteiger partial charge is 0.389 e. The van der Waals surface area contributed by atoms with Crippen molar-refractivity contribution in [3.05, 3.63) is 166 Å². The number of imide groups is 2. The topological polar surface area (TPSA) is 202 Å². The zero-order valence-electron chi connectivity index (χ0n) is 41.0. The molecule has 15 nitrogen and oxygen atoms in total. The summed E-state index contributed by atoms with van der Waals surface area (Å²) >= 11 is 13.6. The molecule has 14 rings (SSSR count). The number of halogens is 2. The highest BCUT2D eigenvalue weighted by molar-refractivity contribution is 6.53. The van der Waals surface area contributed by atoms with Gasteiger partial charge in [-0.15, -0.1) is 0 Å². The molecule has 0 saturated carbocycles. The van der Waals surface area contributed by atoms with Gasteiger partial charge in [-0.25, -0.2) is 0 Å². The van der Waals surface area contributed by atoms with Gasteiger partial charge in [0, 0.05) is 85.6 Å². The summed E-state index contributed by atoms with van der Waals surface area (Å²) in [5.74, 6) is -2.90. The molecule has 4 aromatic heterocycles. The van der Waals surface area contributed by atoms with Crippen LogP contribution in [-0.2, 0) is 38.1 Å². The van der Waals surface area contributed by atoms with Gasteiger partial charge in [-0.2, -0.15) is 0 Å². The van der Waals surface area contributed by atoms with Gasteiger partial charge in [0.2, 0.25) is 0 Å². The van der Waals surface area contributed by atoms with Crippen molar-refractivity contribution < 1.29 is 43.2 Å². The first kappa shape index (κ1) is 48.6. The van der Waals surface area contributed by atoms with E-state index < -0.39 is 35.2 Å². The van der Waals surface area contributed by atoms with Crippen molar-refractivity contribution in [1.82, 2.24) is 30.2 Å². The molecule has 0 bridgehead atoms. The van der Waals surface area contributed by atoms with Gasteiger partial charge >= 0.3 is 0 Å². The Morgan fingerprint density at radius 3 is 1.59 bits per heavy atom. The quantitative estimate of drug-likeness (QED) is 0.0717. The Kier molecular flexibility index (Phi) is 12.0. The van der Waals surface area contributed by atoms with Gasteiger partial charge in [-0.3, -0.25) is 29.8 Å². The second kappa shape index (κ2) is 18.5. The summed E-state index contributed by atoms with van der Waals surface area (Å²) in [7, 11) is 0. The first-order valence-electron chi connectivity index (χ1n) is 24.7. The lowest BCUT2D eigenvalue weighted by Gasteiger charge is -2.27. The molecule has 2 aliphatic carbocycles. The number of ether oxygens (including phenoxy) is 4. The molecule has 6 N–H and O–H groups in total. The Labute approximate surface area is 439 Å². The van der Waals surface area contributed by atoms with Gasteiger partial charge in [0.15, 0.2) is 11.6 Å². The zero-order chi connectivity index (χ0) is 52.1. The van der Waals surface area contributed by atoms with Crippen molar-refractivity contribution in [3.8, 4) is 0 Å². The maximum absolute atomic E-state index is 13.3. The number of nitrogens with one attached hydrogen (secondary N) is 5. The Hall–Kier alpha value is -7.34. The highest BCUT2D eigenvalue weighted by Gasteiger charge is 2.45. The number of allylic oxidation sites excluding steroid dienone is 1. The number of H-pyrrole nitrogens is 3. The summed E-state index contributed by atoms with van der Waals surface area (Å²) in [4.78, 5) is 61.2. The van der Waals surface area contributed by atoms with Crippen LogP contribution in [0.4, 0.5) is 0 Å². The molecule has 4 amide bonds. The van der Waals surface area contributed by atoms with Gasteiger partial charge in [-0.1, -0.05) is 120 Å². The molecular weight excluding hydrogens is 996 g/mol. The molecule has 0 radical (unpaired) electrons.